The second kappa shape index (κ2) is 9.18. The summed E-state index contributed by atoms with van der Waals surface area (Å²) in [5.74, 6) is -5.46. The fraction of sp³-hybridized carbons (Fsp3) is 0.263. The van der Waals surface area contributed by atoms with Gasteiger partial charge in [-0.15, -0.1) is 0 Å². The van der Waals surface area contributed by atoms with Crippen LogP contribution < -0.4 is 10.6 Å². The molecule has 2 rings (SSSR count). The van der Waals surface area contributed by atoms with Crippen LogP contribution in [0, 0.1) is 17.5 Å². The Bertz CT molecular complexity index is 824. The van der Waals surface area contributed by atoms with Crippen molar-refractivity contribution in [2.75, 3.05) is 32.5 Å². The lowest BCUT2D eigenvalue weighted by Gasteiger charge is -2.10. The zero-order valence-electron chi connectivity index (χ0n) is 15.0. The summed E-state index contributed by atoms with van der Waals surface area (Å²) in [6, 6.07) is 7.35. The molecule has 0 aliphatic carbocycles. The van der Waals surface area contributed by atoms with E-state index in [9.17, 15) is 22.8 Å². The number of hydrogen-bond acceptors (Lipinski definition) is 3. The number of amides is 2. The average Bonchev–Trinajstić information content (AvgIpc) is 2.65. The molecular weight excluding hydrogens is 359 g/mol. The Morgan fingerprint density at radius 3 is 2.07 bits per heavy atom. The number of carbonyl (C=O) groups excluding carboxylic acids is 2. The van der Waals surface area contributed by atoms with Crippen LogP contribution in [0.1, 0.15) is 27.1 Å². The van der Waals surface area contributed by atoms with Gasteiger partial charge in [0.2, 0.25) is 0 Å². The molecule has 2 N–H and O–H groups in total. The molecule has 0 spiro atoms. The van der Waals surface area contributed by atoms with Crippen molar-refractivity contribution in [1.29, 1.82) is 0 Å². The number of hydrogen-bond donors (Lipinski definition) is 2. The smallest absolute Gasteiger partial charge is 0.255 e. The quantitative estimate of drug-likeness (QED) is 0.574. The zero-order chi connectivity index (χ0) is 20.0. The number of benzene rings is 2. The predicted octanol–water partition coefficient (Wildman–Crippen LogP) is 3.04. The minimum Gasteiger partial charge on any atom is -0.352 e. The van der Waals surface area contributed by atoms with E-state index >= 15 is 0 Å². The van der Waals surface area contributed by atoms with Crippen molar-refractivity contribution < 1.29 is 22.8 Å². The van der Waals surface area contributed by atoms with E-state index in [0.717, 1.165) is 25.1 Å². The Morgan fingerprint density at radius 1 is 0.889 bits per heavy atom. The van der Waals surface area contributed by atoms with E-state index in [1.54, 1.807) is 0 Å². The standard InChI is InChI=1S/C19H20F3N3O2/c1-25(2)11-3-10-23-18(26)12-4-6-13(7-5-12)19(27)24-15-9-8-14(20)16(21)17(15)22/h4-9H,3,10-11H2,1-2H3,(H,23,26)(H,24,27). The number of rotatable bonds is 7. The molecule has 2 aromatic carbocycles. The van der Waals surface area contributed by atoms with Crippen LogP contribution in [0.25, 0.3) is 0 Å². The minimum absolute atomic E-state index is 0.142. The van der Waals surface area contributed by atoms with E-state index in [1.165, 1.54) is 24.3 Å². The third-order valence-corrected chi connectivity index (χ3v) is 3.76. The number of carbonyl (C=O) groups is 2. The summed E-state index contributed by atoms with van der Waals surface area (Å²) in [6.07, 6.45) is 0.805. The molecule has 5 nitrogen and oxygen atoms in total. The summed E-state index contributed by atoms with van der Waals surface area (Å²) in [4.78, 5) is 26.2. The molecule has 0 radical (unpaired) electrons. The number of halogens is 3. The fourth-order valence-corrected chi connectivity index (χ4v) is 2.29. The molecule has 0 saturated carbocycles. The average molecular weight is 379 g/mol. The first-order chi connectivity index (χ1) is 12.8. The first kappa shape index (κ1) is 20.4. The summed E-state index contributed by atoms with van der Waals surface area (Å²) in [7, 11) is 3.88. The van der Waals surface area contributed by atoms with E-state index < -0.39 is 29.0 Å². The highest BCUT2D eigenvalue weighted by Crippen LogP contribution is 2.20. The summed E-state index contributed by atoms with van der Waals surface area (Å²) in [6.45, 7) is 1.37. The molecule has 0 aromatic heterocycles. The maximum Gasteiger partial charge on any atom is 0.255 e. The molecule has 144 valence electrons. The van der Waals surface area contributed by atoms with Crippen molar-refractivity contribution in [1.82, 2.24) is 10.2 Å². The number of anilines is 1. The van der Waals surface area contributed by atoms with Crippen LogP contribution in [-0.4, -0.2) is 43.9 Å². The normalized spacial score (nSPS) is 10.7. The first-order valence-corrected chi connectivity index (χ1v) is 8.27. The molecule has 0 atom stereocenters. The Morgan fingerprint density at radius 2 is 1.48 bits per heavy atom. The van der Waals surface area contributed by atoms with Gasteiger partial charge in [0.1, 0.15) is 0 Å². The van der Waals surface area contributed by atoms with E-state index in [1.807, 2.05) is 19.0 Å². The molecule has 0 unspecified atom stereocenters. The second-order valence-corrected chi connectivity index (χ2v) is 6.17. The molecule has 0 aliphatic heterocycles. The van der Waals surface area contributed by atoms with Crippen molar-refractivity contribution in [2.45, 2.75) is 6.42 Å². The topological polar surface area (TPSA) is 61.4 Å². The van der Waals surface area contributed by atoms with Crippen molar-refractivity contribution in [3.05, 3.63) is 65.0 Å². The van der Waals surface area contributed by atoms with Gasteiger partial charge in [0.05, 0.1) is 5.69 Å². The van der Waals surface area contributed by atoms with Crippen molar-refractivity contribution >= 4 is 17.5 Å². The molecule has 27 heavy (non-hydrogen) atoms. The van der Waals surface area contributed by atoms with E-state index in [-0.39, 0.29) is 11.5 Å². The van der Waals surface area contributed by atoms with Crippen LogP contribution in [0.15, 0.2) is 36.4 Å². The van der Waals surface area contributed by atoms with Gasteiger partial charge in [0.15, 0.2) is 17.5 Å². The van der Waals surface area contributed by atoms with Gasteiger partial charge in [-0.1, -0.05) is 0 Å². The van der Waals surface area contributed by atoms with Crippen molar-refractivity contribution in [3.63, 3.8) is 0 Å². The minimum atomic E-state index is -1.66. The molecule has 0 heterocycles. The monoisotopic (exact) mass is 379 g/mol. The lowest BCUT2D eigenvalue weighted by Crippen LogP contribution is -2.27. The van der Waals surface area contributed by atoms with Gasteiger partial charge in [0, 0.05) is 17.7 Å². The maximum atomic E-state index is 13.6. The Kier molecular flexibility index (Phi) is 6.95. The lowest BCUT2D eigenvalue weighted by atomic mass is 10.1. The van der Waals surface area contributed by atoms with Gasteiger partial charge in [0.25, 0.3) is 11.8 Å². The maximum absolute atomic E-state index is 13.6. The molecule has 2 aromatic rings. The van der Waals surface area contributed by atoms with Gasteiger partial charge in [-0.25, -0.2) is 13.2 Å². The number of nitrogens with zero attached hydrogens (tertiary/aromatic N) is 1. The summed E-state index contributed by atoms with van der Waals surface area (Å²) in [5, 5.41) is 4.94. The molecule has 0 aliphatic rings. The molecular formula is C19H20F3N3O2. The lowest BCUT2D eigenvalue weighted by molar-refractivity contribution is 0.0950. The van der Waals surface area contributed by atoms with Gasteiger partial charge in [-0.3, -0.25) is 9.59 Å². The summed E-state index contributed by atoms with van der Waals surface area (Å²) >= 11 is 0. The highest BCUT2D eigenvalue weighted by Gasteiger charge is 2.16. The highest BCUT2D eigenvalue weighted by atomic mass is 19.2. The second-order valence-electron chi connectivity index (χ2n) is 6.17. The van der Waals surface area contributed by atoms with Crippen LogP contribution in [0.2, 0.25) is 0 Å². The van der Waals surface area contributed by atoms with Gasteiger partial charge >= 0.3 is 0 Å². The third kappa shape index (κ3) is 5.55. The fourth-order valence-electron chi connectivity index (χ4n) is 2.29. The van der Waals surface area contributed by atoms with Crippen LogP contribution in [-0.2, 0) is 0 Å². The van der Waals surface area contributed by atoms with Crippen LogP contribution in [0.5, 0.6) is 0 Å². The Hall–Kier alpha value is -2.87. The van der Waals surface area contributed by atoms with Crippen molar-refractivity contribution in [3.8, 4) is 0 Å². The molecule has 2 amide bonds. The van der Waals surface area contributed by atoms with Crippen molar-refractivity contribution in [2.24, 2.45) is 0 Å². The highest BCUT2D eigenvalue weighted by molar-refractivity contribution is 6.05. The Labute approximate surface area is 155 Å². The Balaban J connectivity index is 1.97. The van der Waals surface area contributed by atoms with Crippen LogP contribution in [0.4, 0.5) is 18.9 Å². The predicted molar refractivity (Wildman–Crippen MR) is 96.2 cm³/mol. The van der Waals surface area contributed by atoms with E-state index in [0.29, 0.717) is 12.1 Å². The molecule has 0 saturated heterocycles. The molecule has 0 fully saturated rings. The first-order valence-electron chi connectivity index (χ1n) is 8.27. The number of nitrogens with one attached hydrogen (secondary N) is 2. The van der Waals surface area contributed by atoms with Crippen LogP contribution in [0.3, 0.4) is 0 Å². The summed E-state index contributed by atoms with van der Waals surface area (Å²) in [5.41, 5.74) is 0.0420. The largest absolute Gasteiger partial charge is 0.352 e. The van der Waals surface area contributed by atoms with Crippen LogP contribution >= 0.6 is 0 Å². The van der Waals surface area contributed by atoms with Gasteiger partial charge < -0.3 is 15.5 Å². The van der Waals surface area contributed by atoms with Gasteiger partial charge in [-0.05, 0) is 63.5 Å². The third-order valence-electron chi connectivity index (χ3n) is 3.76. The SMILES string of the molecule is CN(C)CCCNC(=O)c1ccc(C(=O)Nc2ccc(F)c(F)c2F)cc1. The molecule has 0 bridgehead atoms. The molecule has 8 heteroatoms. The zero-order valence-corrected chi connectivity index (χ0v) is 15.0. The summed E-state index contributed by atoms with van der Waals surface area (Å²) < 4.78 is 39.8. The van der Waals surface area contributed by atoms with Gasteiger partial charge in [-0.2, -0.15) is 0 Å². The van der Waals surface area contributed by atoms with E-state index in [4.69, 9.17) is 0 Å². The van der Waals surface area contributed by atoms with E-state index in [2.05, 4.69) is 10.6 Å².